The fourth-order valence-corrected chi connectivity index (χ4v) is 7.01. The van der Waals surface area contributed by atoms with Gasteiger partial charge >= 0.3 is 0 Å². The number of piperazine rings is 1. The highest BCUT2D eigenvalue weighted by Crippen LogP contribution is 2.36. The van der Waals surface area contributed by atoms with Crippen LogP contribution in [-0.2, 0) is 9.53 Å². The molecular weight excluding hydrogens is 625 g/mol. The lowest BCUT2D eigenvalue weighted by atomic mass is 9.96. The van der Waals surface area contributed by atoms with E-state index in [0.717, 1.165) is 39.4 Å². The Morgan fingerprint density at radius 1 is 1.06 bits per heavy atom. The third kappa shape index (κ3) is 6.59. The number of benzene rings is 2. The molecule has 3 fully saturated rings. The average molecular weight is 666 g/mol. The summed E-state index contributed by atoms with van der Waals surface area (Å²) in [5.41, 5.74) is 6.97. The maximum Gasteiger partial charge on any atom is 0.264 e. The number of nitrogens with zero attached hydrogens (tertiary/aromatic N) is 8. The second-order valence-corrected chi connectivity index (χ2v) is 13.4. The fourth-order valence-electron chi connectivity index (χ4n) is 7.01. The molecule has 4 aromatic rings. The molecule has 12 nitrogen and oxygen atoms in total. The molecule has 2 aromatic carbocycles. The van der Waals surface area contributed by atoms with E-state index in [-0.39, 0.29) is 28.9 Å². The molecule has 254 valence electrons. The minimum atomic E-state index is -0.534. The van der Waals surface area contributed by atoms with Gasteiger partial charge in [-0.1, -0.05) is 18.2 Å². The van der Waals surface area contributed by atoms with Gasteiger partial charge in [-0.05, 0) is 57.0 Å². The third-order valence-electron chi connectivity index (χ3n) is 9.84. The lowest BCUT2D eigenvalue weighted by Crippen LogP contribution is -2.59. The zero-order valence-corrected chi connectivity index (χ0v) is 27.8. The number of anilines is 1. The van der Waals surface area contributed by atoms with Crippen LogP contribution < -0.4 is 10.5 Å². The number of para-hydroxylation sites is 1. The van der Waals surface area contributed by atoms with Crippen molar-refractivity contribution in [3.63, 3.8) is 0 Å². The molecule has 13 heteroatoms. The number of aromatic nitrogens is 4. The van der Waals surface area contributed by atoms with Crippen LogP contribution in [0.25, 0.3) is 22.3 Å². The number of nitrogen functional groups attached to an aromatic ring is 1. The van der Waals surface area contributed by atoms with Crippen LogP contribution >= 0.6 is 0 Å². The Labute approximate surface area is 284 Å². The molecule has 1 unspecified atom stereocenters. The average Bonchev–Trinajstić information content (AvgIpc) is 3.48. The molecular formula is C36H40FN9O3. The number of amides is 1. The normalized spacial score (nSPS) is 19.8. The summed E-state index contributed by atoms with van der Waals surface area (Å²) >= 11 is 0. The predicted octanol–water partition coefficient (Wildman–Crippen LogP) is 4.42. The van der Waals surface area contributed by atoms with E-state index in [4.69, 9.17) is 20.3 Å². The molecule has 3 aliphatic rings. The number of carbonyl (C=O) groups excluding carboxylic acids is 1. The highest BCUT2D eigenvalue weighted by molar-refractivity contribution is 5.99. The van der Waals surface area contributed by atoms with E-state index in [9.17, 15) is 10.1 Å². The van der Waals surface area contributed by atoms with Crippen molar-refractivity contribution in [3.8, 4) is 28.8 Å². The van der Waals surface area contributed by atoms with Gasteiger partial charge in [-0.3, -0.25) is 14.6 Å². The van der Waals surface area contributed by atoms with E-state index in [2.05, 4.69) is 39.7 Å². The van der Waals surface area contributed by atoms with Gasteiger partial charge in [0.15, 0.2) is 5.65 Å². The molecule has 1 amide bonds. The summed E-state index contributed by atoms with van der Waals surface area (Å²) in [6, 6.07) is 16.2. The molecule has 3 aliphatic heterocycles. The number of nitriles is 1. The standard InChI is InChI=1S/C36H40FN9O3/c1-36(2,45-15-13-43(14-16-45)26-21-48-22-26)18-24(19-38)35(47)44-12-6-7-25(20-44)46-34-31(33(39)40-23-41-34)32(42-46)29-11-10-28(17-30(29)37)49-27-8-4-3-5-9-27/h3-5,8-11,17-18,23,25-26H,6-7,12-16,20-22H2,1-2H3,(H2,39,40,41)/b24-18+. The Balaban J connectivity index is 1.11. The van der Waals surface area contributed by atoms with Gasteiger partial charge in [0.25, 0.3) is 5.91 Å². The Kier molecular flexibility index (Phi) is 9.02. The molecule has 0 saturated carbocycles. The Morgan fingerprint density at radius 2 is 1.84 bits per heavy atom. The van der Waals surface area contributed by atoms with E-state index in [0.29, 0.717) is 60.2 Å². The Hall–Kier alpha value is -4.90. The van der Waals surface area contributed by atoms with Crippen LogP contribution in [0.4, 0.5) is 10.2 Å². The first-order valence-electron chi connectivity index (χ1n) is 16.7. The van der Waals surface area contributed by atoms with Gasteiger partial charge < -0.3 is 20.1 Å². The van der Waals surface area contributed by atoms with Crippen molar-refractivity contribution >= 4 is 22.8 Å². The summed E-state index contributed by atoms with van der Waals surface area (Å²) < 4.78 is 28.6. The minimum Gasteiger partial charge on any atom is -0.457 e. The summed E-state index contributed by atoms with van der Waals surface area (Å²) in [6.07, 6.45) is 4.58. The maximum absolute atomic E-state index is 15.7. The lowest BCUT2D eigenvalue weighted by Gasteiger charge is -2.46. The van der Waals surface area contributed by atoms with Gasteiger partial charge in [-0.15, -0.1) is 0 Å². The first-order chi connectivity index (χ1) is 23.7. The summed E-state index contributed by atoms with van der Waals surface area (Å²) in [6.45, 7) is 10.1. The largest absolute Gasteiger partial charge is 0.457 e. The number of piperidine rings is 1. The zero-order valence-electron chi connectivity index (χ0n) is 27.8. The van der Waals surface area contributed by atoms with Crippen molar-refractivity contribution < 1.29 is 18.7 Å². The Bertz CT molecular complexity index is 1910. The first-order valence-corrected chi connectivity index (χ1v) is 16.7. The summed E-state index contributed by atoms with van der Waals surface area (Å²) in [7, 11) is 0. The van der Waals surface area contributed by atoms with Crippen LogP contribution in [0.3, 0.4) is 0 Å². The van der Waals surface area contributed by atoms with Crippen LogP contribution in [0.2, 0.25) is 0 Å². The molecule has 0 radical (unpaired) electrons. The molecule has 0 aliphatic carbocycles. The fraction of sp³-hybridized carbons (Fsp3) is 0.417. The number of halogens is 1. The maximum atomic E-state index is 15.7. The van der Waals surface area contributed by atoms with Gasteiger partial charge in [0.05, 0.1) is 30.7 Å². The lowest BCUT2D eigenvalue weighted by molar-refractivity contribution is -0.128. The van der Waals surface area contributed by atoms with Crippen molar-refractivity contribution in [1.82, 2.24) is 34.4 Å². The van der Waals surface area contributed by atoms with Crippen molar-refractivity contribution in [1.29, 1.82) is 5.26 Å². The molecule has 0 spiro atoms. The summed E-state index contributed by atoms with van der Waals surface area (Å²) in [5.74, 6) is 0.273. The third-order valence-corrected chi connectivity index (χ3v) is 9.84. The SMILES string of the molecule is CC(C)(/C=C(\C#N)C(=O)N1CCCC(n2nc(-c3ccc(Oc4ccccc4)cc3F)c3c(N)ncnc32)C1)N1CCN(C2COC2)CC1. The van der Waals surface area contributed by atoms with Crippen LogP contribution in [0.1, 0.15) is 32.7 Å². The topological polar surface area (TPSA) is 139 Å². The van der Waals surface area contributed by atoms with E-state index < -0.39 is 11.4 Å². The molecule has 0 bridgehead atoms. The van der Waals surface area contributed by atoms with E-state index in [1.165, 1.54) is 12.4 Å². The van der Waals surface area contributed by atoms with Crippen molar-refractivity contribution in [2.45, 2.75) is 44.3 Å². The molecule has 2 aromatic heterocycles. The summed E-state index contributed by atoms with van der Waals surface area (Å²) in [4.78, 5) is 29.0. The van der Waals surface area contributed by atoms with Crippen LogP contribution in [0.5, 0.6) is 11.5 Å². The number of carbonyl (C=O) groups is 1. The molecule has 7 rings (SSSR count). The highest BCUT2D eigenvalue weighted by Gasteiger charge is 2.35. The van der Waals surface area contributed by atoms with Crippen LogP contribution in [0.15, 0.2) is 66.5 Å². The van der Waals surface area contributed by atoms with Crippen molar-refractivity contribution in [2.75, 3.05) is 58.2 Å². The number of fused-ring (bicyclic) bond motifs is 1. The molecule has 3 saturated heterocycles. The van der Waals surface area contributed by atoms with Gasteiger partial charge in [-0.2, -0.15) is 10.4 Å². The first kappa shape index (κ1) is 32.6. The monoisotopic (exact) mass is 665 g/mol. The smallest absolute Gasteiger partial charge is 0.264 e. The molecule has 1 atom stereocenters. The predicted molar refractivity (Wildman–Crippen MR) is 182 cm³/mol. The van der Waals surface area contributed by atoms with E-state index >= 15 is 4.39 Å². The molecule has 5 heterocycles. The van der Waals surface area contributed by atoms with Crippen molar-refractivity contribution in [3.05, 3.63) is 72.3 Å². The number of ether oxygens (including phenoxy) is 2. The van der Waals surface area contributed by atoms with E-state index in [1.54, 1.807) is 33.8 Å². The second-order valence-electron chi connectivity index (χ2n) is 13.4. The number of hydrogen-bond donors (Lipinski definition) is 1. The minimum absolute atomic E-state index is 0.123. The second kappa shape index (κ2) is 13.5. The number of likely N-dealkylation sites (tertiary alicyclic amines) is 1. The quantitative estimate of drug-likeness (QED) is 0.213. The van der Waals surface area contributed by atoms with Crippen molar-refractivity contribution in [2.24, 2.45) is 0 Å². The van der Waals surface area contributed by atoms with Crippen LogP contribution in [-0.4, -0.2) is 104 Å². The number of rotatable bonds is 8. The number of nitrogens with two attached hydrogens (primary N) is 1. The van der Waals surface area contributed by atoms with Gasteiger partial charge in [0.2, 0.25) is 0 Å². The van der Waals surface area contributed by atoms with Crippen LogP contribution in [0, 0.1) is 17.1 Å². The van der Waals surface area contributed by atoms with Gasteiger partial charge in [0, 0.05) is 56.4 Å². The Morgan fingerprint density at radius 3 is 2.53 bits per heavy atom. The zero-order chi connectivity index (χ0) is 34.1. The summed E-state index contributed by atoms with van der Waals surface area (Å²) in [5, 5.41) is 15.4. The molecule has 2 N–H and O–H groups in total. The number of hydrogen-bond acceptors (Lipinski definition) is 10. The molecule has 49 heavy (non-hydrogen) atoms. The van der Waals surface area contributed by atoms with Gasteiger partial charge in [-0.25, -0.2) is 19.0 Å². The highest BCUT2D eigenvalue weighted by atomic mass is 19.1. The van der Waals surface area contributed by atoms with Gasteiger partial charge in [0.1, 0.15) is 46.8 Å². The van der Waals surface area contributed by atoms with E-state index in [1.807, 2.05) is 24.3 Å².